The van der Waals surface area contributed by atoms with E-state index in [0.717, 1.165) is 103 Å². The second-order valence-corrected chi connectivity index (χ2v) is 16.8. The monoisotopic (exact) mass is 899 g/mol. The average Bonchev–Trinajstić information content (AvgIpc) is 3.30. The van der Waals surface area contributed by atoms with E-state index in [1.807, 2.05) is 54.7 Å². The van der Waals surface area contributed by atoms with Crippen LogP contribution in [0.15, 0.2) is 122 Å². The van der Waals surface area contributed by atoms with Crippen molar-refractivity contribution in [3.05, 3.63) is 122 Å². The van der Waals surface area contributed by atoms with Crippen LogP contribution in [-0.4, -0.2) is 37.2 Å². The SMILES string of the molecule is CC/C=C/C=C/C=C/C=C/C=C/CCCC(=O)OCC(COC(=O)CCCCCCC/C=C/C=C/CCCCCCCCC)OC(=O)CCCCCCCC/C=C/C/C=C/C/C=C/CC. The molecule has 0 spiro atoms. The van der Waals surface area contributed by atoms with Crippen molar-refractivity contribution in [2.24, 2.45) is 0 Å². The number of rotatable bonds is 45. The lowest BCUT2D eigenvalue weighted by Crippen LogP contribution is -2.30. The highest BCUT2D eigenvalue weighted by Gasteiger charge is 2.19. The van der Waals surface area contributed by atoms with Crippen molar-refractivity contribution < 1.29 is 28.6 Å². The molecular weight excluding hydrogens is 805 g/mol. The molecule has 65 heavy (non-hydrogen) atoms. The molecule has 1 unspecified atom stereocenters. The number of carbonyl (C=O) groups is 3. The van der Waals surface area contributed by atoms with Crippen molar-refractivity contribution >= 4 is 17.9 Å². The Balaban J connectivity index is 4.53. The average molecular weight is 899 g/mol. The number of allylic oxidation sites excluding steroid dienone is 20. The van der Waals surface area contributed by atoms with Gasteiger partial charge < -0.3 is 14.2 Å². The largest absolute Gasteiger partial charge is 0.462 e. The Bertz CT molecular complexity index is 1400. The maximum Gasteiger partial charge on any atom is 0.306 e. The maximum atomic E-state index is 12.8. The van der Waals surface area contributed by atoms with Crippen molar-refractivity contribution in [1.29, 1.82) is 0 Å². The van der Waals surface area contributed by atoms with Gasteiger partial charge in [-0.1, -0.05) is 226 Å². The maximum absolute atomic E-state index is 12.8. The van der Waals surface area contributed by atoms with Crippen molar-refractivity contribution in [3.8, 4) is 0 Å². The zero-order valence-electron chi connectivity index (χ0n) is 41.7. The molecule has 6 heteroatoms. The number of unbranched alkanes of at least 4 members (excludes halogenated alkanes) is 19. The molecule has 0 saturated heterocycles. The standard InChI is InChI=1S/C59H94O6/c1-4-7-10-13-16-19-22-25-27-29-30-32-34-37-40-43-46-49-52-58(61)64-55-56(54-63-57(60)51-48-45-42-39-36-33-24-21-18-15-12-9-6-3)65-59(62)53-50-47-44-41-38-35-31-28-26-23-20-17-14-11-8-5-2/h8-9,11-12,15,17-18,20-21,24,26-30,32-33,36,39,42,56H,4-7,10,13-14,16,19,22-23,25,31,34-35,37-38,40-41,43-55H2,1-3H3/b11-8+,12-9+,18-15+,20-17+,24-21+,28-26+,29-27+,32-30+,36-33+,42-39+. The lowest BCUT2D eigenvalue weighted by atomic mass is 10.1. The molecule has 0 aromatic heterocycles. The molecule has 0 radical (unpaired) electrons. The van der Waals surface area contributed by atoms with Crippen LogP contribution in [0, 0.1) is 0 Å². The first-order valence-corrected chi connectivity index (χ1v) is 26.1. The van der Waals surface area contributed by atoms with Crippen LogP contribution < -0.4 is 0 Å². The lowest BCUT2D eigenvalue weighted by molar-refractivity contribution is -0.167. The quantitative estimate of drug-likeness (QED) is 0.0199. The summed E-state index contributed by atoms with van der Waals surface area (Å²) in [6, 6.07) is 0. The second kappa shape index (κ2) is 52.4. The summed E-state index contributed by atoms with van der Waals surface area (Å²) in [6.07, 6.45) is 71.9. The lowest BCUT2D eigenvalue weighted by Gasteiger charge is -2.18. The van der Waals surface area contributed by atoms with Gasteiger partial charge in [-0.25, -0.2) is 0 Å². The molecule has 0 aromatic carbocycles. The Morgan fingerprint density at radius 1 is 0.338 bits per heavy atom. The van der Waals surface area contributed by atoms with Gasteiger partial charge in [-0.05, 0) is 89.9 Å². The summed E-state index contributed by atoms with van der Waals surface area (Å²) in [5.74, 6) is -1.03. The molecule has 0 aliphatic carbocycles. The van der Waals surface area contributed by atoms with Gasteiger partial charge in [0.2, 0.25) is 0 Å². The summed E-state index contributed by atoms with van der Waals surface area (Å²) >= 11 is 0. The minimum atomic E-state index is -0.823. The molecule has 0 aliphatic heterocycles. The predicted molar refractivity (Wildman–Crippen MR) is 279 cm³/mol. The molecule has 366 valence electrons. The minimum Gasteiger partial charge on any atom is -0.462 e. The molecule has 0 amide bonds. The Labute approximate surface area is 399 Å². The molecule has 0 aliphatic rings. The second-order valence-electron chi connectivity index (χ2n) is 16.8. The molecule has 0 rings (SSSR count). The summed E-state index contributed by atoms with van der Waals surface area (Å²) in [5.41, 5.74) is 0. The Hall–Kier alpha value is -4.19. The van der Waals surface area contributed by atoms with Crippen molar-refractivity contribution in [1.82, 2.24) is 0 Å². The van der Waals surface area contributed by atoms with Crippen LogP contribution in [0.25, 0.3) is 0 Å². The fourth-order valence-electron chi connectivity index (χ4n) is 6.71. The third kappa shape index (κ3) is 50.7. The highest BCUT2D eigenvalue weighted by molar-refractivity contribution is 5.71. The molecular formula is C59H94O6. The minimum absolute atomic E-state index is 0.118. The van der Waals surface area contributed by atoms with Gasteiger partial charge in [0.15, 0.2) is 6.10 Å². The normalized spacial score (nSPS) is 13.1. The number of esters is 3. The van der Waals surface area contributed by atoms with Crippen molar-refractivity contribution in [3.63, 3.8) is 0 Å². The van der Waals surface area contributed by atoms with Gasteiger partial charge in [0, 0.05) is 19.3 Å². The van der Waals surface area contributed by atoms with E-state index in [0.29, 0.717) is 12.8 Å². The summed E-state index contributed by atoms with van der Waals surface area (Å²) in [6.45, 7) is 6.27. The first-order chi connectivity index (χ1) is 32.0. The molecule has 1 atom stereocenters. The summed E-state index contributed by atoms with van der Waals surface area (Å²) in [7, 11) is 0. The molecule has 0 N–H and O–H groups in total. The topological polar surface area (TPSA) is 78.9 Å². The number of hydrogen-bond donors (Lipinski definition) is 0. The van der Waals surface area contributed by atoms with Crippen LogP contribution >= 0.6 is 0 Å². The zero-order chi connectivity index (χ0) is 47.2. The van der Waals surface area contributed by atoms with Crippen LogP contribution in [0.5, 0.6) is 0 Å². The molecule has 0 saturated carbocycles. The number of ether oxygens (including phenoxy) is 3. The highest BCUT2D eigenvalue weighted by atomic mass is 16.6. The Morgan fingerprint density at radius 2 is 0.692 bits per heavy atom. The van der Waals surface area contributed by atoms with E-state index in [1.54, 1.807) is 0 Å². The zero-order valence-corrected chi connectivity index (χ0v) is 41.7. The van der Waals surface area contributed by atoms with Crippen LogP contribution in [-0.2, 0) is 28.6 Å². The summed E-state index contributed by atoms with van der Waals surface area (Å²) in [5, 5.41) is 0. The first kappa shape index (κ1) is 60.8. The van der Waals surface area contributed by atoms with Crippen LogP contribution in [0.2, 0.25) is 0 Å². The van der Waals surface area contributed by atoms with Crippen molar-refractivity contribution in [2.45, 2.75) is 219 Å². The Kier molecular flexibility index (Phi) is 49.1. The fourth-order valence-corrected chi connectivity index (χ4v) is 6.71. The molecule has 0 bridgehead atoms. The van der Waals surface area contributed by atoms with Gasteiger partial charge in [0.1, 0.15) is 13.2 Å². The van der Waals surface area contributed by atoms with E-state index in [-0.39, 0.29) is 44.0 Å². The van der Waals surface area contributed by atoms with Gasteiger partial charge in [0.05, 0.1) is 0 Å². The van der Waals surface area contributed by atoms with Crippen molar-refractivity contribution in [2.75, 3.05) is 13.2 Å². The van der Waals surface area contributed by atoms with Gasteiger partial charge in [-0.15, -0.1) is 0 Å². The van der Waals surface area contributed by atoms with Crippen LogP contribution in [0.4, 0.5) is 0 Å². The first-order valence-electron chi connectivity index (χ1n) is 26.1. The van der Waals surface area contributed by atoms with Crippen LogP contribution in [0.1, 0.15) is 213 Å². The highest BCUT2D eigenvalue weighted by Crippen LogP contribution is 2.13. The van der Waals surface area contributed by atoms with E-state index in [9.17, 15) is 14.4 Å². The van der Waals surface area contributed by atoms with E-state index < -0.39 is 6.10 Å². The molecule has 0 fully saturated rings. The van der Waals surface area contributed by atoms with E-state index in [4.69, 9.17) is 14.2 Å². The van der Waals surface area contributed by atoms with Gasteiger partial charge in [-0.2, -0.15) is 0 Å². The summed E-state index contributed by atoms with van der Waals surface area (Å²) in [4.78, 5) is 38.0. The molecule has 0 aromatic rings. The number of carbonyl (C=O) groups excluding carboxylic acids is 3. The van der Waals surface area contributed by atoms with Gasteiger partial charge in [-0.3, -0.25) is 14.4 Å². The third-order valence-electron chi connectivity index (χ3n) is 10.6. The Morgan fingerprint density at radius 3 is 1.20 bits per heavy atom. The number of hydrogen-bond acceptors (Lipinski definition) is 6. The van der Waals surface area contributed by atoms with Gasteiger partial charge >= 0.3 is 17.9 Å². The molecule has 0 heterocycles. The van der Waals surface area contributed by atoms with Gasteiger partial charge in [0.25, 0.3) is 0 Å². The molecule has 6 nitrogen and oxygen atoms in total. The van der Waals surface area contributed by atoms with E-state index in [2.05, 4.69) is 87.6 Å². The van der Waals surface area contributed by atoms with Crippen LogP contribution in [0.3, 0.4) is 0 Å². The van der Waals surface area contributed by atoms with E-state index in [1.165, 1.54) is 64.2 Å². The summed E-state index contributed by atoms with van der Waals surface area (Å²) < 4.78 is 16.7. The third-order valence-corrected chi connectivity index (χ3v) is 10.6. The smallest absolute Gasteiger partial charge is 0.306 e. The predicted octanol–water partition coefficient (Wildman–Crippen LogP) is 17.3. The fraction of sp³-hybridized carbons (Fsp3) is 0.610. The van der Waals surface area contributed by atoms with E-state index >= 15 is 0 Å².